The Morgan fingerprint density at radius 2 is 2.25 bits per heavy atom. The lowest BCUT2D eigenvalue weighted by Gasteiger charge is -2.09. The highest BCUT2D eigenvalue weighted by Crippen LogP contribution is 2.22. The van der Waals surface area contributed by atoms with Crippen molar-refractivity contribution >= 4 is 44.8 Å². The fourth-order valence-corrected chi connectivity index (χ4v) is 2.01. The van der Waals surface area contributed by atoms with Gasteiger partial charge in [-0.15, -0.1) is 0 Å². The lowest BCUT2D eigenvalue weighted by molar-refractivity contribution is -0.116. The number of halogens is 2. The fraction of sp³-hybridized carbons (Fsp3) is 0.0833. The summed E-state index contributed by atoms with van der Waals surface area (Å²) in [5, 5.41) is 2.75. The first kappa shape index (κ1) is 14.5. The molecule has 0 atom stereocenters. The first-order valence-corrected chi connectivity index (χ1v) is 6.69. The van der Waals surface area contributed by atoms with E-state index in [4.69, 9.17) is 17.3 Å². The van der Waals surface area contributed by atoms with Crippen LogP contribution in [0.2, 0.25) is 5.15 Å². The lowest BCUT2D eigenvalue weighted by atomic mass is 10.4. The van der Waals surface area contributed by atoms with Gasteiger partial charge in [-0.05, 0) is 28.1 Å². The first-order valence-electron chi connectivity index (χ1n) is 5.52. The predicted molar refractivity (Wildman–Crippen MR) is 80.7 cm³/mol. The number of amides is 1. The van der Waals surface area contributed by atoms with Gasteiger partial charge in [0.05, 0.1) is 5.69 Å². The number of nitrogen functional groups attached to an aromatic ring is 1. The minimum Gasteiger partial charge on any atom is -0.398 e. The summed E-state index contributed by atoms with van der Waals surface area (Å²) in [5.74, 6) is -0.403. The molecule has 0 saturated heterocycles. The molecule has 0 aromatic carbocycles. The molecule has 104 valence electrons. The Morgan fingerprint density at radius 1 is 1.50 bits per heavy atom. The zero-order valence-electron chi connectivity index (χ0n) is 10.1. The third-order valence-corrected chi connectivity index (χ3v) is 3.13. The van der Waals surface area contributed by atoms with Crippen LogP contribution in [-0.4, -0.2) is 15.5 Å². The number of hydrogen-bond acceptors (Lipinski definition) is 4. The highest BCUT2D eigenvalue weighted by atomic mass is 79.9. The molecule has 6 nitrogen and oxygen atoms in total. The van der Waals surface area contributed by atoms with Crippen molar-refractivity contribution in [2.75, 3.05) is 11.1 Å². The van der Waals surface area contributed by atoms with Crippen LogP contribution in [0.3, 0.4) is 0 Å². The molecule has 0 bridgehead atoms. The number of carbonyl (C=O) groups is 1. The van der Waals surface area contributed by atoms with E-state index in [1.165, 1.54) is 29.1 Å². The van der Waals surface area contributed by atoms with Gasteiger partial charge in [0, 0.05) is 28.6 Å². The van der Waals surface area contributed by atoms with Crippen molar-refractivity contribution in [1.82, 2.24) is 9.55 Å². The van der Waals surface area contributed by atoms with Crippen LogP contribution in [0.15, 0.2) is 39.9 Å². The second-order valence-electron chi connectivity index (χ2n) is 3.97. The summed E-state index contributed by atoms with van der Waals surface area (Å²) in [5.41, 5.74) is 6.03. The molecule has 0 unspecified atom stereocenters. The number of hydrogen-bond donors (Lipinski definition) is 2. The van der Waals surface area contributed by atoms with E-state index in [2.05, 4.69) is 26.2 Å². The molecule has 0 aliphatic carbocycles. The first-order chi connectivity index (χ1) is 9.45. The van der Waals surface area contributed by atoms with E-state index in [-0.39, 0.29) is 17.3 Å². The number of rotatable bonds is 3. The van der Waals surface area contributed by atoms with Crippen LogP contribution in [0.1, 0.15) is 0 Å². The van der Waals surface area contributed by atoms with Gasteiger partial charge in [-0.1, -0.05) is 11.6 Å². The molecule has 3 N–H and O–H groups in total. The summed E-state index contributed by atoms with van der Waals surface area (Å²) >= 11 is 9.09. The number of nitrogens with two attached hydrogens (primary N) is 1. The van der Waals surface area contributed by atoms with Gasteiger partial charge in [-0.3, -0.25) is 9.59 Å². The molecule has 2 heterocycles. The Labute approximate surface area is 127 Å². The summed E-state index contributed by atoms with van der Waals surface area (Å²) in [6.07, 6.45) is 2.92. The fourth-order valence-electron chi connectivity index (χ4n) is 1.53. The van der Waals surface area contributed by atoms with Crippen LogP contribution in [0.4, 0.5) is 11.4 Å². The molecule has 0 aliphatic rings. The largest absolute Gasteiger partial charge is 0.398 e. The molecule has 0 spiro atoms. The number of aromatic nitrogens is 2. The minimum absolute atomic E-state index is 0.160. The zero-order chi connectivity index (χ0) is 14.7. The summed E-state index contributed by atoms with van der Waals surface area (Å²) < 4.78 is 1.89. The second kappa shape index (κ2) is 6.06. The maximum atomic E-state index is 11.9. The molecular formula is C12H10BrClN4O2. The van der Waals surface area contributed by atoms with E-state index in [0.717, 1.165) is 0 Å². The van der Waals surface area contributed by atoms with Gasteiger partial charge in [0.25, 0.3) is 5.56 Å². The van der Waals surface area contributed by atoms with E-state index in [0.29, 0.717) is 15.8 Å². The van der Waals surface area contributed by atoms with Crippen molar-refractivity contribution in [3.63, 3.8) is 0 Å². The van der Waals surface area contributed by atoms with Gasteiger partial charge < -0.3 is 15.6 Å². The van der Waals surface area contributed by atoms with Gasteiger partial charge in [0.15, 0.2) is 5.15 Å². The van der Waals surface area contributed by atoms with Crippen LogP contribution in [-0.2, 0) is 11.3 Å². The molecule has 0 fully saturated rings. The molecule has 8 heteroatoms. The van der Waals surface area contributed by atoms with E-state index in [1.807, 2.05) is 0 Å². The summed E-state index contributed by atoms with van der Waals surface area (Å²) in [6, 6.07) is 4.40. The Morgan fingerprint density at radius 3 is 3.00 bits per heavy atom. The van der Waals surface area contributed by atoms with Gasteiger partial charge in [-0.25, -0.2) is 4.98 Å². The second-order valence-corrected chi connectivity index (χ2v) is 5.24. The average molecular weight is 358 g/mol. The molecule has 0 saturated carbocycles. The van der Waals surface area contributed by atoms with E-state index in [1.54, 1.807) is 6.07 Å². The highest BCUT2D eigenvalue weighted by molar-refractivity contribution is 9.10. The maximum Gasteiger partial charge on any atom is 0.251 e. The van der Waals surface area contributed by atoms with Crippen LogP contribution < -0.4 is 16.6 Å². The molecular weight excluding hydrogens is 348 g/mol. The van der Waals surface area contributed by atoms with Gasteiger partial charge in [-0.2, -0.15) is 0 Å². The highest BCUT2D eigenvalue weighted by Gasteiger charge is 2.09. The van der Waals surface area contributed by atoms with Crippen LogP contribution >= 0.6 is 27.5 Å². The van der Waals surface area contributed by atoms with Crippen molar-refractivity contribution in [1.29, 1.82) is 0 Å². The Balaban J connectivity index is 2.15. The quantitative estimate of drug-likeness (QED) is 0.821. The van der Waals surface area contributed by atoms with Crippen molar-refractivity contribution in [3.05, 3.63) is 50.6 Å². The van der Waals surface area contributed by atoms with Crippen molar-refractivity contribution in [2.24, 2.45) is 0 Å². The topological polar surface area (TPSA) is 90.0 Å². The van der Waals surface area contributed by atoms with Gasteiger partial charge in [0.2, 0.25) is 5.91 Å². The monoisotopic (exact) mass is 356 g/mol. The molecule has 2 rings (SSSR count). The number of pyridine rings is 2. The molecule has 0 aliphatic heterocycles. The van der Waals surface area contributed by atoms with E-state index >= 15 is 0 Å². The number of nitrogens with one attached hydrogen (secondary N) is 1. The molecule has 20 heavy (non-hydrogen) atoms. The molecule has 1 amide bonds. The molecule has 2 aromatic rings. The van der Waals surface area contributed by atoms with E-state index < -0.39 is 5.91 Å². The standard InChI is InChI=1S/C12H10BrClN4O2/c13-7-3-9(12(14)16-4-7)17-10(19)6-18-5-8(15)1-2-11(18)20/h1-5H,6,15H2,(H,17,19). The van der Waals surface area contributed by atoms with Crippen molar-refractivity contribution in [2.45, 2.75) is 6.54 Å². The minimum atomic E-state index is -0.403. The van der Waals surface area contributed by atoms with Gasteiger partial charge in [0.1, 0.15) is 6.54 Å². The Bertz CT molecular complexity index is 717. The van der Waals surface area contributed by atoms with E-state index in [9.17, 15) is 9.59 Å². The number of nitrogens with zero attached hydrogens (tertiary/aromatic N) is 2. The summed E-state index contributed by atoms with van der Waals surface area (Å²) in [6.45, 7) is -0.160. The SMILES string of the molecule is Nc1ccc(=O)n(CC(=O)Nc2cc(Br)cnc2Cl)c1. The van der Waals surface area contributed by atoms with Crippen LogP contribution in [0.25, 0.3) is 0 Å². The summed E-state index contributed by atoms with van der Waals surface area (Å²) in [4.78, 5) is 27.3. The van der Waals surface area contributed by atoms with Gasteiger partial charge >= 0.3 is 0 Å². The predicted octanol–water partition coefficient (Wildman–Crippen LogP) is 1.88. The Hall–Kier alpha value is -1.86. The van der Waals surface area contributed by atoms with Crippen molar-refractivity contribution < 1.29 is 4.79 Å². The zero-order valence-corrected chi connectivity index (χ0v) is 12.5. The van der Waals surface area contributed by atoms with Crippen LogP contribution in [0, 0.1) is 0 Å². The summed E-state index contributed by atoms with van der Waals surface area (Å²) in [7, 11) is 0. The normalized spacial score (nSPS) is 10.3. The van der Waals surface area contributed by atoms with Crippen LogP contribution in [0.5, 0.6) is 0 Å². The Kier molecular flexibility index (Phi) is 4.41. The maximum absolute atomic E-state index is 11.9. The average Bonchev–Trinajstić information content (AvgIpc) is 2.38. The number of anilines is 2. The smallest absolute Gasteiger partial charge is 0.251 e. The third kappa shape index (κ3) is 3.58. The molecule has 0 radical (unpaired) electrons. The number of carbonyl (C=O) groups excluding carboxylic acids is 1. The third-order valence-electron chi connectivity index (χ3n) is 2.40. The lowest BCUT2D eigenvalue weighted by Crippen LogP contribution is -2.27. The van der Waals surface area contributed by atoms with Crippen molar-refractivity contribution in [3.8, 4) is 0 Å². The molecule has 2 aromatic heterocycles.